The van der Waals surface area contributed by atoms with Crippen LogP contribution < -0.4 is 0 Å². The Morgan fingerprint density at radius 3 is 2.17 bits per heavy atom. The average molecular weight is 581 g/mol. The summed E-state index contributed by atoms with van der Waals surface area (Å²) in [6.07, 6.45) is 8.86. The third kappa shape index (κ3) is 3.38. The Kier molecular flexibility index (Phi) is 7.43. The molecule has 2 spiro atoms. The second kappa shape index (κ2) is 9.86. The Balaban J connectivity index is 1.69. The van der Waals surface area contributed by atoms with Gasteiger partial charge in [-0.25, -0.2) is 0 Å². The summed E-state index contributed by atoms with van der Waals surface area (Å²) >= 11 is 0. The van der Waals surface area contributed by atoms with Crippen molar-refractivity contribution >= 4 is 23.3 Å². The van der Waals surface area contributed by atoms with Crippen LogP contribution in [0.5, 0.6) is 0 Å². The number of hydrogen-bond acceptors (Lipinski definition) is 5. The van der Waals surface area contributed by atoms with E-state index in [1.54, 1.807) is 0 Å². The van der Waals surface area contributed by atoms with E-state index in [4.69, 9.17) is 4.74 Å². The van der Waals surface area contributed by atoms with Crippen LogP contribution in [0.25, 0.3) is 0 Å². The third-order valence-corrected chi connectivity index (χ3v) is 15.6. The highest BCUT2D eigenvalue weighted by molar-refractivity contribution is 6.44. The van der Waals surface area contributed by atoms with Crippen molar-refractivity contribution < 1.29 is 23.9 Å². The number of Topliss-reactive ketones (excluding diaryl/α,β-unsaturated/α-hetero) is 3. The van der Waals surface area contributed by atoms with Crippen molar-refractivity contribution in [1.82, 2.24) is 0 Å². The summed E-state index contributed by atoms with van der Waals surface area (Å²) in [6, 6.07) is 0. The zero-order valence-corrected chi connectivity index (χ0v) is 27.9. The van der Waals surface area contributed by atoms with E-state index >= 15 is 0 Å². The SMILES string of the molecule is C=C(C(=O)C(=O)C(CC)CC)C1(C(C)CC)C(OC(C)=O)CC2(C)C1(C)CCC13CC14C(C)CC(=O)CC4CCC23C. The van der Waals surface area contributed by atoms with Gasteiger partial charge in [-0.05, 0) is 96.2 Å². The van der Waals surface area contributed by atoms with E-state index in [-0.39, 0.29) is 45.2 Å². The molecule has 5 aliphatic carbocycles. The number of hydrogen-bond donors (Lipinski definition) is 0. The molecule has 5 heteroatoms. The van der Waals surface area contributed by atoms with Crippen molar-refractivity contribution in [2.75, 3.05) is 0 Å². The van der Waals surface area contributed by atoms with Gasteiger partial charge in [-0.2, -0.15) is 0 Å². The maximum absolute atomic E-state index is 14.2. The Morgan fingerprint density at radius 2 is 1.60 bits per heavy atom. The molecule has 0 saturated heterocycles. The highest BCUT2D eigenvalue weighted by Gasteiger charge is 2.88. The molecule has 0 amide bonds. The van der Waals surface area contributed by atoms with Gasteiger partial charge in [0.25, 0.3) is 0 Å². The lowest BCUT2D eigenvalue weighted by molar-refractivity contribution is -0.208. The van der Waals surface area contributed by atoms with E-state index in [1.807, 2.05) is 13.8 Å². The molecule has 0 radical (unpaired) electrons. The summed E-state index contributed by atoms with van der Waals surface area (Å²) in [4.78, 5) is 53.4. The number of fused-ring (bicyclic) bond motifs is 2. The van der Waals surface area contributed by atoms with Gasteiger partial charge in [0.15, 0.2) is 0 Å². The van der Waals surface area contributed by atoms with Crippen LogP contribution in [0.2, 0.25) is 0 Å². The monoisotopic (exact) mass is 580 g/mol. The molecule has 42 heavy (non-hydrogen) atoms. The molecule has 0 aromatic rings. The minimum atomic E-state index is -0.835. The van der Waals surface area contributed by atoms with Crippen LogP contribution in [0.4, 0.5) is 0 Å². The largest absolute Gasteiger partial charge is 0.462 e. The normalized spacial score (nSPS) is 46.1. The van der Waals surface area contributed by atoms with Gasteiger partial charge < -0.3 is 4.74 Å². The van der Waals surface area contributed by atoms with Crippen molar-refractivity contribution in [2.24, 2.45) is 56.2 Å². The van der Waals surface area contributed by atoms with Crippen LogP contribution in [0, 0.1) is 56.2 Å². The van der Waals surface area contributed by atoms with Gasteiger partial charge in [0.05, 0.1) is 0 Å². The lowest BCUT2D eigenvalue weighted by Crippen LogP contribution is -2.64. The van der Waals surface area contributed by atoms with Crippen LogP contribution in [0.3, 0.4) is 0 Å². The molecule has 5 rings (SSSR count). The van der Waals surface area contributed by atoms with E-state index < -0.39 is 22.7 Å². The fraction of sp³-hybridized carbons (Fsp3) is 0.838. The number of ether oxygens (including phenoxy) is 1. The first kappa shape index (κ1) is 31.6. The highest BCUT2D eigenvalue weighted by atomic mass is 16.5. The first-order chi connectivity index (χ1) is 19.5. The Labute approximate surface area is 254 Å². The Hall–Kier alpha value is -1.78. The number of carbonyl (C=O) groups is 4. The van der Waals surface area contributed by atoms with Crippen LogP contribution in [-0.2, 0) is 23.9 Å². The summed E-state index contributed by atoms with van der Waals surface area (Å²) in [6.45, 7) is 23.9. The van der Waals surface area contributed by atoms with E-state index in [1.165, 1.54) is 13.3 Å². The van der Waals surface area contributed by atoms with Gasteiger partial charge in [0.1, 0.15) is 11.9 Å². The van der Waals surface area contributed by atoms with Gasteiger partial charge in [-0.3, -0.25) is 19.2 Å². The molecule has 10 unspecified atom stereocenters. The molecule has 0 N–H and O–H groups in total. The zero-order valence-electron chi connectivity index (χ0n) is 27.9. The Bertz CT molecular complexity index is 1210. The highest BCUT2D eigenvalue weighted by Crippen LogP contribution is 2.93. The summed E-state index contributed by atoms with van der Waals surface area (Å²) in [7, 11) is 0. The van der Waals surface area contributed by atoms with Gasteiger partial charge >= 0.3 is 5.97 Å². The molecule has 10 atom stereocenters. The second-order valence-corrected chi connectivity index (χ2v) is 16.0. The molecule has 0 aromatic heterocycles. The first-order valence-electron chi connectivity index (χ1n) is 17.0. The standard InChI is InChI=1S/C37H56O5/c1-11-22(4)37(24(6)30(40)31(41)26(12-2)13-3)29(42-25(7)38)20-34(10)32(8)15-14-27-19-28(39)18-23(5)36(27)21-35(32,36)17-16-33(34,37)9/h22-23,26-27,29H,6,11-21H2,1-5,7-10H3. The third-order valence-electron chi connectivity index (χ3n) is 15.6. The fourth-order valence-corrected chi connectivity index (χ4v) is 13.1. The van der Waals surface area contributed by atoms with Crippen molar-refractivity contribution in [2.45, 2.75) is 139 Å². The topological polar surface area (TPSA) is 77.5 Å². The van der Waals surface area contributed by atoms with Crippen molar-refractivity contribution in [3.8, 4) is 0 Å². The van der Waals surface area contributed by atoms with E-state index in [9.17, 15) is 19.2 Å². The summed E-state index contributed by atoms with van der Waals surface area (Å²) in [5.41, 5.74) is -0.802. The molecule has 0 bridgehead atoms. The van der Waals surface area contributed by atoms with Crippen LogP contribution in [0.1, 0.15) is 133 Å². The van der Waals surface area contributed by atoms with E-state index in [2.05, 4.69) is 48.1 Å². The van der Waals surface area contributed by atoms with E-state index in [0.717, 1.165) is 38.5 Å². The smallest absolute Gasteiger partial charge is 0.302 e. The number of rotatable bonds is 9. The van der Waals surface area contributed by atoms with Crippen molar-refractivity contribution in [3.05, 3.63) is 12.2 Å². The minimum Gasteiger partial charge on any atom is -0.462 e. The molecular weight excluding hydrogens is 524 g/mol. The maximum atomic E-state index is 14.2. The number of ketones is 3. The molecule has 5 nitrogen and oxygen atoms in total. The lowest BCUT2D eigenvalue weighted by atomic mass is 9.34. The number of esters is 1. The van der Waals surface area contributed by atoms with Crippen LogP contribution in [-0.4, -0.2) is 29.4 Å². The second-order valence-electron chi connectivity index (χ2n) is 16.0. The fourth-order valence-electron chi connectivity index (χ4n) is 13.1. The summed E-state index contributed by atoms with van der Waals surface area (Å²) in [5.74, 6) is -0.178. The van der Waals surface area contributed by atoms with Crippen LogP contribution in [0.15, 0.2) is 12.2 Å². The van der Waals surface area contributed by atoms with Gasteiger partial charge in [-0.15, -0.1) is 0 Å². The molecule has 234 valence electrons. The molecule has 5 saturated carbocycles. The summed E-state index contributed by atoms with van der Waals surface area (Å²) < 4.78 is 6.34. The van der Waals surface area contributed by atoms with Gasteiger partial charge in [-0.1, -0.05) is 68.4 Å². The molecule has 0 aromatic carbocycles. The van der Waals surface area contributed by atoms with E-state index in [0.29, 0.717) is 48.9 Å². The molecule has 0 heterocycles. The van der Waals surface area contributed by atoms with Gasteiger partial charge in [0.2, 0.25) is 11.6 Å². The van der Waals surface area contributed by atoms with Crippen molar-refractivity contribution in [1.29, 1.82) is 0 Å². The quantitative estimate of drug-likeness (QED) is 0.156. The van der Waals surface area contributed by atoms with Gasteiger partial charge in [0, 0.05) is 36.7 Å². The maximum Gasteiger partial charge on any atom is 0.302 e. The lowest BCUT2D eigenvalue weighted by Gasteiger charge is -2.69. The molecule has 5 aliphatic rings. The number of carbonyl (C=O) groups excluding carboxylic acids is 4. The van der Waals surface area contributed by atoms with Crippen LogP contribution >= 0.6 is 0 Å². The zero-order chi connectivity index (χ0) is 31.3. The molecule has 5 fully saturated rings. The first-order valence-corrected chi connectivity index (χ1v) is 17.0. The Morgan fingerprint density at radius 1 is 0.952 bits per heavy atom. The summed E-state index contributed by atoms with van der Waals surface area (Å²) in [5, 5.41) is 0. The molecular formula is C37H56O5. The minimum absolute atomic E-state index is 0.00648. The average Bonchev–Trinajstić information content (AvgIpc) is 3.59. The molecule has 0 aliphatic heterocycles. The van der Waals surface area contributed by atoms with Crippen molar-refractivity contribution in [3.63, 3.8) is 0 Å². The predicted octanol–water partition coefficient (Wildman–Crippen LogP) is 8.08. The predicted molar refractivity (Wildman–Crippen MR) is 164 cm³/mol.